The van der Waals surface area contributed by atoms with E-state index < -0.39 is 0 Å². The van der Waals surface area contributed by atoms with Crippen LogP contribution in [-0.2, 0) is 7.05 Å². The van der Waals surface area contributed by atoms with Crippen molar-refractivity contribution in [3.63, 3.8) is 0 Å². The summed E-state index contributed by atoms with van der Waals surface area (Å²) in [6, 6.07) is 16.7. The molecule has 2 aromatic heterocycles. The number of nitrogens with zero attached hydrogens (tertiary/aromatic N) is 3. The van der Waals surface area contributed by atoms with Crippen molar-refractivity contribution in [3.05, 3.63) is 82.1 Å². The molecule has 0 spiro atoms. The van der Waals surface area contributed by atoms with Crippen LogP contribution in [0.15, 0.2) is 59.4 Å². The predicted molar refractivity (Wildman–Crippen MR) is 106 cm³/mol. The molecule has 0 N–H and O–H groups in total. The lowest BCUT2D eigenvalue weighted by Gasteiger charge is -2.10. The summed E-state index contributed by atoms with van der Waals surface area (Å²) >= 11 is 1.67. The van der Waals surface area contributed by atoms with Gasteiger partial charge in [-0.1, -0.05) is 23.5 Å². The molecule has 4 rings (SSSR count). The first-order valence-corrected chi connectivity index (χ1v) is 9.39. The van der Waals surface area contributed by atoms with Crippen LogP contribution >= 0.6 is 11.3 Å². The molecule has 0 aliphatic heterocycles. The number of pyridine rings is 1. The number of rotatable bonds is 2. The van der Waals surface area contributed by atoms with Gasteiger partial charge in [-0.3, -0.25) is 0 Å². The van der Waals surface area contributed by atoms with E-state index in [-0.39, 0.29) is 0 Å². The van der Waals surface area contributed by atoms with E-state index in [0.717, 1.165) is 28.2 Å². The normalized spacial score (nSPS) is 10.8. The highest BCUT2D eigenvalue weighted by Crippen LogP contribution is 2.31. The van der Waals surface area contributed by atoms with E-state index in [9.17, 15) is 0 Å². The summed E-state index contributed by atoms with van der Waals surface area (Å²) in [5, 5.41) is 3.33. The Hall–Kier alpha value is -3.03. The van der Waals surface area contributed by atoms with Crippen molar-refractivity contribution in [1.29, 1.82) is 0 Å². The second kappa shape index (κ2) is 6.36. The minimum absolute atomic E-state index is 0.659. The molecule has 126 valence electrons. The Morgan fingerprint density at radius 2 is 1.85 bits per heavy atom. The average Bonchev–Trinajstić information content (AvgIpc) is 3.08. The molecular formula is C22H19N3S+2. The molecule has 2 aromatic carbocycles. The molecule has 0 fully saturated rings. The minimum atomic E-state index is 0.659. The topological polar surface area (TPSA) is 12.1 Å². The Morgan fingerprint density at radius 1 is 1.04 bits per heavy atom. The first kappa shape index (κ1) is 16.4. The van der Waals surface area contributed by atoms with Gasteiger partial charge in [0.15, 0.2) is 11.4 Å². The Kier molecular flexibility index (Phi) is 4.02. The first-order valence-electron chi connectivity index (χ1n) is 8.45. The van der Waals surface area contributed by atoms with E-state index in [4.69, 9.17) is 6.57 Å². The van der Waals surface area contributed by atoms with Gasteiger partial charge in [-0.05, 0) is 25.1 Å². The molecule has 26 heavy (non-hydrogen) atoms. The third-order valence-electron chi connectivity index (χ3n) is 4.82. The first-order chi connectivity index (χ1) is 12.6. The highest BCUT2D eigenvalue weighted by atomic mass is 32.1. The zero-order valence-electron chi connectivity index (χ0n) is 15.0. The van der Waals surface area contributed by atoms with Crippen LogP contribution in [0.1, 0.15) is 11.3 Å². The van der Waals surface area contributed by atoms with Crippen LogP contribution in [0.2, 0.25) is 0 Å². The lowest BCUT2D eigenvalue weighted by atomic mass is 10.0. The molecule has 4 heteroatoms. The van der Waals surface area contributed by atoms with Crippen molar-refractivity contribution in [3.8, 4) is 16.9 Å². The molecule has 0 saturated heterocycles. The second-order valence-electron chi connectivity index (χ2n) is 6.47. The maximum atomic E-state index is 7.58. The molecule has 3 nitrogen and oxygen atoms in total. The number of para-hydroxylation sites is 1. The van der Waals surface area contributed by atoms with Gasteiger partial charge in [0.25, 0.3) is 0 Å². The molecule has 0 atom stereocenters. The highest BCUT2D eigenvalue weighted by Gasteiger charge is 2.24. The lowest BCUT2D eigenvalue weighted by molar-refractivity contribution is -0.655. The standard InChI is InChI=1S/C22H19N3S/c1-15-9-10-17-7-5-6-8-20(17)25(15)21-12-18(23-3)11-19(16(21)2)22-13-26-14-24(22)4/h5-14H,1-2,4H3/q+2. The third-order valence-corrected chi connectivity index (χ3v) is 5.62. The SMILES string of the molecule is [C-]#[N+]c1cc(-c2csc[n+]2C)c(C)c(-[n+]2c(C)ccc3ccccc32)c1. The maximum absolute atomic E-state index is 7.58. The molecule has 2 heterocycles. The van der Waals surface area contributed by atoms with Gasteiger partial charge in [-0.15, -0.1) is 0 Å². The molecule has 0 saturated carbocycles. The van der Waals surface area contributed by atoms with Gasteiger partial charge < -0.3 is 0 Å². The van der Waals surface area contributed by atoms with Crippen LogP contribution < -0.4 is 9.13 Å². The maximum Gasteiger partial charge on any atom is 0.224 e. The fourth-order valence-corrected chi connectivity index (χ4v) is 4.23. The second-order valence-corrected chi connectivity index (χ2v) is 7.19. The van der Waals surface area contributed by atoms with Crippen molar-refractivity contribution >= 4 is 27.9 Å². The number of aromatic nitrogens is 2. The van der Waals surface area contributed by atoms with Gasteiger partial charge in [-0.25, -0.2) is 4.85 Å². The van der Waals surface area contributed by atoms with E-state index in [2.05, 4.69) is 75.1 Å². The van der Waals surface area contributed by atoms with Crippen LogP contribution in [0.4, 0.5) is 5.69 Å². The summed E-state index contributed by atoms with van der Waals surface area (Å²) in [6.45, 7) is 11.8. The molecule has 0 aliphatic rings. The van der Waals surface area contributed by atoms with Crippen LogP contribution in [0.5, 0.6) is 0 Å². The number of hydrogen-bond acceptors (Lipinski definition) is 1. The van der Waals surface area contributed by atoms with Crippen molar-refractivity contribution in [1.82, 2.24) is 0 Å². The molecule has 0 unspecified atom stereocenters. The fourth-order valence-electron chi connectivity index (χ4n) is 3.45. The largest absolute Gasteiger partial charge is 0.238 e. The van der Waals surface area contributed by atoms with Crippen LogP contribution in [0.3, 0.4) is 0 Å². The van der Waals surface area contributed by atoms with Gasteiger partial charge in [0.05, 0.1) is 12.0 Å². The molecule has 0 bridgehead atoms. The van der Waals surface area contributed by atoms with E-state index in [1.165, 1.54) is 10.9 Å². The molecule has 0 aliphatic carbocycles. The number of hydrogen-bond donors (Lipinski definition) is 0. The smallest absolute Gasteiger partial charge is 0.224 e. The van der Waals surface area contributed by atoms with Gasteiger partial charge in [0, 0.05) is 41.6 Å². The zero-order chi connectivity index (χ0) is 18.3. The highest BCUT2D eigenvalue weighted by molar-refractivity contribution is 7.07. The fraction of sp³-hybridized carbons (Fsp3) is 0.136. The monoisotopic (exact) mass is 357 g/mol. The van der Waals surface area contributed by atoms with Gasteiger partial charge in [0.2, 0.25) is 22.4 Å². The number of benzene rings is 2. The van der Waals surface area contributed by atoms with E-state index >= 15 is 0 Å². The van der Waals surface area contributed by atoms with Gasteiger partial charge in [0.1, 0.15) is 7.05 Å². The quantitative estimate of drug-likeness (QED) is 0.360. The molecule has 4 aromatic rings. The Balaban J connectivity index is 2.10. The van der Waals surface area contributed by atoms with Crippen molar-refractivity contribution < 1.29 is 9.13 Å². The summed E-state index contributed by atoms with van der Waals surface area (Å²) in [5.74, 6) is 0. The Bertz CT molecular complexity index is 1180. The van der Waals surface area contributed by atoms with E-state index in [1.807, 2.05) is 19.2 Å². The van der Waals surface area contributed by atoms with Crippen LogP contribution in [-0.4, -0.2) is 0 Å². The third kappa shape index (κ3) is 2.58. The Labute approximate surface area is 157 Å². The average molecular weight is 357 g/mol. The Morgan fingerprint density at radius 3 is 2.58 bits per heavy atom. The molecular weight excluding hydrogens is 338 g/mol. The summed E-state index contributed by atoms with van der Waals surface area (Å²) in [7, 11) is 2.05. The van der Waals surface area contributed by atoms with E-state index in [0.29, 0.717) is 5.69 Å². The number of aryl methyl sites for hydroxylation is 2. The summed E-state index contributed by atoms with van der Waals surface area (Å²) < 4.78 is 4.38. The summed E-state index contributed by atoms with van der Waals surface area (Å²) in [5.41, 5.74) is 9.52. The number of fused-ring (bicyclic) bond motifs is 1. The summed E-state index contributed by atoms with van der Waals surface area (Å²) in [6.07, 6.45) is 0. The number of thiazole rings is 1. The van der Waals surface area contributed by atoms with Gasteiger partial charge in [-0.2, -0.15) is 9.13 Å². The van der Waals surface area contributed by atoms with Crippen LogP contribution in [0.25, 0.3) is 32.7 Å². The van der Waals surface area contributed by atoms with E-state index in [1.54, 1.807) is 11.3 Å². The molecule has 0 radical (unpaired) electrons. The van der Waals surface area contributed by atoms with Crippen molar-refractivity contribution in [2.45, 2.75) is 13.8 Å². The van der Waals surface area contributed by atoms with Crippen molar-refractivity contribution in [2.75, 3.05) is 0 Å². The van der Waals surface area contributed by atoms with Gasteiger partial charge >= 0.3 is 0 Å². The van der Waals surface area contributed by atoms with Crippen LogP contribution in [0, 0.1) is 20.4 Å². The van der Waals surface area contributed by atoms with Crippen molar-refractivity contribution in [2.24, 2.45) is 7.05 Å². The minimum Gasteiger partial charge on any atom is -0.238 e. The summed E-state index contributed by atoms with van der Waals surface area (Å²) in [4.78, 5) is 3.74. The zero-order valence-corrected chi connectivity index (χ0v) is 15.8. The lowest BCUT2D eigenvalue weighted by Crippen LogP contribution is -2.36. The predicted octanol–water partition coefficient (Wildman–Crippen LogP) is 4.84. The molecule has 0 amide bonds.